The molecule has 7 nitrogen and oxygen atoms in total. The lowest BCUT2D eigenvalue weighted by Crippen LogP contribution is -2.25. The van der Waals surface area contributed by atoms with Crippen LogP contribution in [0.4, 0.5) is 9.52 Å². The van der Waals surface area contributed by atoms with Crippen molar-refractivity contribution in [2.75, 3.05) is 32.3 Å². The highest BCUT2D eigenvalue weighted by molar-refractivity contribution is 7.16. The summed E-state index contributed by atoms with van der Waals surface area (Å²) in [6, 6.07) is 10.8. The lowest BCUT2D eigenvalue weighted by Gasteiger charge is -2.12. The molecule has 32 heavy (non-hydrogen) atoms. The van der Waals surface area contributed by atoms with E-state index in [2.05, 4.69) is 15.0 Å². The van der Waals surface area contributed by atoms with Crippen molar-refractivity contribution >= 4 is 39.7 Å². The predicted molar refractivity (Wildman–Crippen MR) is 126 cm³/mol. The van der Waals surface area contributed by atoms with E-state index in [0.717, 1.165) is 15.7 Å². The third kappa shape index (κ3) is 4.83. The molecule has 0 fully saturated rings. The molecule has 0 atom stereocenters. The topological polar surface area (TPSA) is 73.1 Å². The molecule has 0 spiro atoms. The third-order valence-corrected chi connectivity index (χ3v) is 5.76. The fourth-order valence-electron chi connectivity index (χ4n) is 3.13. The molecule has 0 radical (unpaired) electrons. The van der Waals surface area contributed by atoms with Crippen LogP contribution in [0.25, 0.3) is 23.2 Å². The van der Waals surface area contributed by atoms with E-state index in [1.54, 1.807) is 41.2 Å². The van der Waals surface area contributed by atoms with Crippen molar-refractivity contribution in [3.8, 4) is 5.75 Å². The van der Waals surface area contributed by atoms with Crippen molar-refractivity contribution in [3.05, 3.63) is 75.4 Å². The Kier molecular flexibility index (Phi) is 6.55. The zero-order valence-corrected chi connectivity index (χ0v) is 18.6. The first kappa shape index (κ1) is 21.6. The maximum atomic E-state index is 13.3. The number of anilines is 1. The first-order valence-electron chi connectivity index (χ1n) is 9.99. The van der Waals surface area contributed by atoms with Gasteiger partial charge < -0.3 is 9.64 Å². The van der Waals surface area contributed by atoms with Crippen LogP contribution in [0.5, 0.6) is 5.75 Å². The van der Waals surface area contributed by atoms with Crippen molar-refractivity contribution in [2.45, 2.75) is 6.54 Å². The van der Waals surface area contributed by atoms with E-state index in [9.17, 15) is 9.18 Å². The molecule has 4 rings (SSSR count). The fraction of sp³-hybridized carbons (Fsp3) is 0.217. The molecule has 0 amide bonds. The number of nitrogens with zero attached hydrogens (tertiary/aromatic N) is 5. The van der Waals surface area contributed by atoms with Crippen LogP contribution >= 0.6 is 11.3 Å². The first-order chi connectivity index (χ1) is 15.5. The maximum absolute atomic E-state index is 13.3. The summed E-state index contributed by atoms with van der Waals surface area (Å²) in [7, 11) is 3.85. The molecule has 0 unspecified atom stereocenters. The summed E-state index contributed by atoms with van der Waals surface area (Å²) in [6.07, 6.45) is 6.97. The molecule has 0 bridgehead atoms. The van der Waals surface area contributed by atoms with Crippen LogP contribution < -0.4 is 15.2 Å². The molecular weight excluding hydrogens is 429 g/mol. The van der Waals surface area contributed by atoms with E-state index in [4.69, 9.17) is 4.74 Å². The summed E-state index contributed by atoms with van der Waals surface area (Å²) < 4.78 is 19.6. The van der Waals surface area contributed by atoms with E-state index < -0.39 is 6.67 Å². The number of alkyl halides is 1. The Hall–Kier alpha value is -3.59. The Labute approximate surface area is 188 Å². The Bertz CT molecular complexity index is 1300. The van der Waals surface area contributed by atoms with Crippen LogP contribution in [-0.4, -0.2) is 46.9 Å². The maximum Gasteiger partial charge on any atom is 0.277 e. The smallest absolute Gasteiger partial charge is 0.277 e. The standard InChI is InChI=1S/C23H22FN5O2S/c1-28(2)23-26-14-18(32-23)7-8-19-22(30)29(15-16-5-3-4-11-25-16)21-9-6-17(31-12-10-24)13-20(21)27-19/h3-9,11,13-14H,10,12,15H2,1-2H3/b8-7+. The number of pyridine rings is 1. The molecule has 0 saturated carbocycles. The summed E-state index contributed by atoms with van der Waals surface area (Å²) in [4.78, 5) is 29.4. The van der Waals surface area contributed by atoms with Crippen molar-refractivity contribution in [1.82, 2.24) is 19.5 Å². The average molecular weight is 452 g/mol. The number of fused-ring (bicyclic) bond motifs is 1. The van der Waals surface area contributed by atoms with Crippen LogP contribution in [0, 0.1) is 0 Å². The second-order valence-corrected chi connectivity index (χ2v) is 8.21. The highest BCUT2D eigenvalue weighted by Crippen LogP contribution is 2.23. The van der Waals surface area contributed by atoms with Gasteiger partial charge in [0.1, 0.15) is 24.7 Å². The van der Waals surface area contributed by atoms with Gasteiger partial charge in [0.2, 0.25) is 0 Å². The van der Waals surface area contributed by atoms with Gasteiger partial charge in [-0.2, -0.15) is 0 Å². The Balaban J connectivity index is 1.78. The highest BCUT2D eigenvalue weighted by Gasteiger charge is 2.12. The molecule has 0 aliphatic heterocycles. The Morgan fingerprint density at radius 2 is 2.06 bits per heavy atom. The van der Waals surface area contributed by atoms with E-state index in [1.807, 2.05) is 43.3 Å². The van der Waals surface area contributed by atoms with Crippen molar-refractivity contribution in [1.29, 1.82) is 0 Å². The number of halogens is 1. The number of aromatic nitrogens is 4. The SMILES string of the molecule is CN(C)c1ncc(/C=C/c2nc3cc(OCCF)ccc3n(Cc3ccccn3)c2=O)s1. The Morgan fingerprint density at radius 3 is 2.78 bits per heavy atom. The zero-order valence-electron chi connectivity index (χ0n) is 17.7. The molecule has 4 aromatic rings. The minimum atomic E-state index is -0.581. The van der Waals surface area contributed by atoms with Gasteiger partial charge in [-0.1, -0.05) is 17.4 Å². The lowest BCUT2D eigenvalue weighted by molar-refractivity contribution is 0.273. The molecule has 0 aliphatic rings. The number of hydrogen-bond donors (Lipinski definition) is 0. The van der Waals surface area contributed by atoms with Gasteiger partial charge in [-0.15, -0.1) is 0 Å². The molecule has 0 N–H and O–H groups in total. The van der Waals surface area contributed by atoms with Crippen LogP contribution in [0.3, 0.4) is 0 Å². The van der Waals surface area contributed by atoms with Crippen LogP contribution in [0.2, 0.25) is 0 Å². The molecule has 1 aromatic carbocycles. The van der Waals surface area contributed by atoms with Gasteiger partial charge in [-0.05, 0) is 36.4 Å². The van der Waals surface area contributed by atoms with Gasteiger partial charge in [0, 0.05) is 37.4 Å². The second kappa shape index (κ2) is 9.69. The van der Waals surface area contributed by atoms with Gasteiger partial charge in [-0.3, -0.25) is 14.3 Å². The molecular formula is C23H22FN5O2S. The van der Waals surface area contributed by atoms with E-state index >= 15 is 0 Å². The minimum absolute atomic E-state index is 0.0363. The fourth-order valence-corrected chi connectivity index (χ4v) is 3.87. The minimum Gasteiger partial charge on any atom is -0.491 e. The predicted octanol–water partition coefficient (Wildman–Crippen LogP) is 3.88. The van der Waals surface area contributed by atoms with Gasteiger partial charge in [0.15, 0.2) is 5.13 Å². The van der Waals surface area contributed by atoms with Crippen LogP contribution in [-0.2, 0) is 6.54 Å². The summed E-state index contributed by atoms with van der Waals surface area (Å²) in [5.74, 6) is 0.499. The van der Waals surface area contributed by atoms with Gasteiger partial charge in [-0.25, -0.2) is 14.4 Å². The van der Waals surface area contributed by atoms with E-state index in [1.165, 1.54) is 11.3 Å². The number of benzene rings is 1. The first-order valence-corrected chi connectivity index (χ1v) is 10.8. The van der Waals surface area contributed by atoms with Crippen LogP contribution in [0.1, 0.15) is 16.3 Å². The van der Waals surface area contributed by atoms with Crippen molar-refractivity contribution in [3.63, 3.8) is 0 Å². The van der Waals surface area contributed by atoms with E-state index in [0.29, 0.717) is 23.3 Å². The molecule has 3 heterocycles. The summed E-state index contributed by atoms with van der Waals surface area (Å²) in [6.45, 7) is -0.316. The summed E-state index contributed by atoms with van der Waals surface area (Å²) in [5, 5.41) is 0.873. The largest absolute Gasteiger partial charge is 0.491 e. The second-order valence-electron chi connectivity index (χ2n) is 7.17. The van der Waals surface area contributed by atoms with Gasteiger partial charge in [0.25, 0.3) is 5.56 Å². The van der Waals surface area contributed by atoms with Crippen LogP contribution in [0.15, 0.2) is 53.6 Å². The zero-order chi connectivity index (χ0) is 22.5. The quantitative estimate of drug-likeness (QED) is 0.405. The lowest BCUT2D eigenvalue weighted by atomic mass is 10.2. The summed E-state index contributed by atoms with van der Waals surface area (Å²) in [5.41, 5.74) is 2.05. The van der Waals surface area contributed by atoms with Crippen molar-refractivity contribution in [2.24, 2.45) is 0 Å². The molecule has 0 aliphatic carbocycles. The number of ether oxygens (including phenoxy) is 1. The van der Waals surface area contributed by atoms with E-state index in [-0.39, 0.29) is 17.9 Å². The molecule has 9 heteroatoms. The summed E-state index contributed by atoms with van der Waals surface area (Å²) >= 11 is 1.51. The molecule has 0 saturated heterocycles. The van der Waals surface area contributed by atoms with Gasteiger partial charge >= 0.3 is 0 Å². The monoisotopic (exact) mass is 451 g/mol. The Morgan fingerprint density at radius 1 is 1.19 bits per heavy atom. The highest BCUT2D eigenvalue weighted by atomic mass is 32.1. The number of thiazole rings is 1. The van der Waals surface area contributed by atoms with Crippen molar-refractivity contribution < 1.29 is 9.13 Å². The molecule has 3 aromatic heterocycles. The van der Waals surface area contributed by atoms with Gasteiger partial charge in [0.05, 0.1) is 23.3 Å². The third-order valence-electron chi connectivity index (χ3n) is 4.63. The molecule has 164 valence electrons. The number of hydrogen-bond acceptors (Lipinski definition) is 7. The average Bonchev–Trinajstić information content (AvgIpc) is 3.28. The normalized spacial score (nSPS) is 11.3. The number of rotatable bonds is 8.